The van der Waals surface area contributed by atoms with E-state index in [1.807, 2.05) is 38.1 Å². The molecule has 0 aromatic heterocycles. The van der Waals surface area contributed by atoms with Crippen molar-refractivity contribution in [3.05, 3.63) is 29.8 Å². The molecule has 0 unspecified atom stereocenters. The van der Waals surface area contributed by atoms with Crippen molar-refractivity contribution in [2.75, 3.05) is 13.7 Å². The van der Waals surface area contributed by atoms with Crippen LogP contribution < -0.4 is 4.74 Å². The molecule has 104 valence electrons. The lowest BCUT2D eigenvalue weighted by molar-refractivity contribution is -0.246. The number of carbonyl (C=O) groups excluding carboxylic acids is 1. The minimum absolute atomic E-state index is 0.0987. The highest BCUT2D eigenvalue weighted by Gasteiger charge is 2.33. The minimum atomic E-state index is -0.408. The summed E-state index contributed by atoms with van der Waals surface area (Å²) in [7, 11) is 1.63. The van der Waals surface area contributed by atoms with Crippen molar-refractivity contribution >= 4 is 6.29 Å². The van der Waals surface area contributed by atoms with Crippen LogP contribution in [0.25, 0.3) is 0 Å². The second-order valence-electron chi connectivity index (χ2n) is 5.01. The number of aldehydes is 1. The molecule has 1 saturated heterocycles. The molecule has 0 aliphatic carbocycles. The first-order valence-corrected chi connectivity index (χ1v) is 6.52. The van der Waals surface area contributed by atoms with Gasteiger partial charge in [0, 0.05) is 17.4 Å². The summed E-state index contributed by atoms with van der Waals surface area (Å²) in [4.78, 5) is 10.9. The van der Waals surface area contributed by atoms with Crippen molar-refractivity contribution < 1.29 is 19.0 Å². The van der Waals surface area contributed by atoms with Crippen LogP contribution in [0.15, 0.2) is 24.3 Å². The molecule has 19 heavy (non-hydrogen) atoms. The highest BCUT2D eigenvalue weighted by atomic mass is 16.7. The van der Waals surface area contributed by atoms with E-state index in [0.29, 0.717) is 6.61 Å². The molecule has 1 aliphatic heterocycles. The third kappa shape index (κ3) is 3.14. The molecule has 4 atom stereocenters. The van der Waals surface area contributed by atoms with E-state index in [0.717, 1.165) is 17.6 Å². The van der Waals surface area contributed by atoms with E-state index in [9.17, 15) is 4.79 Å². The van der Waals surface area contributed by atoms with E-state index in [1.54, 1.807) is 7.11 Å². The van der Waals surface area contributed by atoms with Gasteiger partial charge in [0.25, 0.3) is 0 Å². The molecule has 0 bridgehead atoms. The molecule has 1 heterocycles. The predicted octanol–water partition coefficient (Wildman–Crippen LogP) is 2.58. The van der Waals surface area contributed by atoms with E-state index in [1.165, 1.54) is 0 Å². The lowest BCUT2D eigenvalue weighted by Crippen LogP contribution is -2.39. The number of ether oxygens (including phenoxy) is 3. The molecule has 0 spiro atoms. The highest BCUT2D eigenvalue weighted by molar-refractivity contribution is 5.53. The third-order valence-corrected chi connectivity index (χ3v) is 3.47. The fourth-order valence-corrected chi connectivity index (χ4v) is 2.31. The molecule has 1 fully saturated rings. The number of carbonyl (C=O) groups is 1. The van der Waals surface area contributed by atoms with Crippen LogP contribution in [0.5, 0.6) is 5.75 Å². The Labute approximate surface area is 113 Å². The van der Waals surface area contributed by atoms with Gasteiger partial charge in [-0.3, -0.25) is 0 Å². The summed E-state index contributed by atoms with van der Waals surface area (Å²) in [5.41, 5.74) is 0.941. The van der Waals surface area contributed by atoms with Crippen molar-refractivity contribution in [2.45, 2.75) is 26.2 Å². The fourth-order valence-electron chi connectivity index (χ4n) is 2.31. The predicted molar refractivity (Wildman–Crippen MR) is 71.0 cm³/mol. The van der Waals surface area contributed by atoms with Gasteiger partial charge in [0.05, 0.1) is 19.8 Å². The smallest absolute Gasteiger partial charge is 0.184 e. The lowest BCUT2D eigenvalue weighted by Gasteiger charge is -2.36. The number of rotatable bonds is 4. The van der Waals surface area contributed by atoms with Crippen LogP contribution in [0.1, 0.15) is 25.7 Å². The van der Waals surface area contributed by atoms with Gasteiger partial charge in [0.2, 0.25) is 0 Å². The Balaban J connectivity index is 2.10. The van der Waals surface area contributed by atoms with Crippen molar-refractivity contribution in [3.63, 3.8) is 0 Å². The minimum Gasteiger partial charge on any atom is -0.497 e. The first-order valence-electron chi connectivity index (χ1n) is 6.52. The Morgan fingerprint density at radius 2 is 2.05 bits per heavy atom. The monoisotopic (exact) mass is 264 g/mol. The van der Waals surface area contributed by atoms with E-state index >= 15 is 0 Å². The zero-order chi connectivity index (χ0) is 13.8. The first-order chi connectivity index (χ1) is 9.15. The van der Waals surface area contributed by atoms with Crippen molar-refractivity contribution in [3.8, 4) is 5.75 Å². The van der Waals surface area contributed by atoms with Gasteiger partial charge in [-0.15, -0.1) is 0 Å². The van der Waals surface area contributed by atoms with Gasteiger partial charge < -0.3 is 19.0 Å². The Bertz CT molecular complexity index is 415. The zero-order valence-electron chi connectivity index (χ0n) is 11.5. The van der Waals surface area contributed by atoms with Gasteiger partial charge >= 0.3 is 0 Å². The van der Waals surface area contributed by atoms with Gasteiger partial charge in [0.15, 0.2) is 6.29 Å². The van der Waals surface area contributed by atoms with Gasteiger partial charge in [-0.1, -0.05) is 26.0 Å². The van der Waals surface area contributed by atoms with E-state index in [-0.39, 0.29) is 17.9 Å². The molecule has 2 rings (SSSR count). The van der Waals surface area contributed by atoms with Crippen LogP contribution in [-0.2, 0) is 14.3 Å². The van der Waals surface area contributed by atoms with E-state index < -0.39 is 6.29 Å². The molecule has 1 aromatic carbocycles. The average Bonchev–Trinajstić information content (AvgIpc) is 2.47. The summed E-state index contributed by atoms with van der Waals surface area (Å²) in [6, 6.07) is 7.58. The molecule has 4 nitrogen and oxygen atoms in total. The van der Waals surface area contributed by atoms with Gasteiger partial charge in [-0.2, -0.15) is 0 Å². The molecule has 4 heteroatoms. The number of methoxy groups -OCH3 is 1. The van der Waals surface area contributed by atoms with Gasteiger partial charge in [-0.25, -0.2) is 0 Å². The Morgan fingerprint density at radius 3 is 2.63 bits per heavy atom. The standard InChI is InChI=1S/C15H20O4/c1-10(8-16)14-11(2)9-18-15(19-14)12-4-6-13(17-3)7-5-12/h4-8,10-11,14-15H,9H2,1-3H3/t10-,11-,14+,15-/m0/s1. The maximum atomic E-state index is 10.9. The zero-order valence-corrected chi connectivity index (χ0v) is 11.5. The maximum absolute atomic E-state index is 10.9. The van der Waals surface area contributed by atoms with Crippen LogP contribution in [0, 0.1) is 11.8 Å². The Hall–Kier alpha value is -1.39. The SMILES string of the molecule is COc1ccc([C@H]2OC[C@H](C)[C@@H]([C@@H](C)C=O)O2)cc1. The largest absolute Gasteiger partial charge is 0.497 e. The second kappa shape index (κ2) is 6.17. The topological polar surface area (TPSA) is 44.8 Å². The molecule has 0 saturated carbocycles. The normalized spacial score (nSPS) is 28.7. The van der Waals surface area contributed by atoms with E-state index in [4.69, 9.17) is 14.2 Å². The van der Waals surface area contributed by atoms with Crippen LogP contribution in [0.4, 0.5) is 0 Å². The second-order valence-corrected chi connectivity index (χ2v) is 5.01. The summed E-state index contributed by atoms with van der Waals surface area (Å²) >= 11 is 0. The summed E-state index contributed by atoms with van der Waals surface area (Å²) in [6.07, 6.45) is 0.435. The van der Waals surface area contributed by atoms with Crippen molar-refractivity contribution in [1.82, 2.24) is 0 Å². The quantitative estimate of drug-likeness (QED) is 0.784. The van der Waals surface area contributed by atoms with Gasteiger partial charge in [0.1, 0.15) is 12.0 Å². The molecule has 1 aliphatic rings. The van der Waals surface area contributed by atoms with Crippen LogP contribution in [0.3, 0.4) is 0 Å². The first kappa shape index (κ1) is 14.0. The molecule has 0 N–H and O–H groups in total. The summed E-state index contributed by atoms with van der Waals surface area (Å²) in [5.74, 6) is 0.889. The molecule has 0 radical (unpaired) electrons. The molecule has 1 aromatic rings. The summed E-state index contributed by atoms with van der Waals surface area (Å²) in [6.45, 7) is 4.51. The van der Waals surface area contributed by atoms with Gasteiger partial charge in [-0.05, 0) is 12.1 Å². The Morgan fingerprint density at radius 1 is 1.37 bits per heavy atom. The molecular formula is C15H20O4. The number of hydrogen-bond donors (Lipinski definition) is 0. The molecule has 0 amide bonds. The fraction of sp³-hybridized carbons (Fsp3) is 0.533. The average molecular weight is 264 g/mol. The van der Waals surface area contributed by atoms with E-state index in [2.05, 4.69) is 0 Å². The highest BCUT2D eigenvalue weighted by Crippen LogP contribution is 2.32. The summed E-state index contributed by atoms with van der Waals surface area (Å²) in [5, 5.41) is 0. The third-order valence-electron chi connectivity index (χ3n) is 3.47. The summed E-state index contributed by atoms with van der Waals surface area (Å²) < 4.78 is 16.7. The number of benzene rings is 1. The lowest BCUT2D eigenvalue weighted by atomic mass is 9.94. The van der Waals surface area contributed by atoms with Crippen molar-refractivity contribution in [2.24, 2.45) is 11.8 Å². The Kier molecular flexibility index (Phi) is 4.56. The molecular weight excluding hydrogens is 244 g/mol. The van der Waals surface area contributed by atoms with Crippen LogP contribution >= 0.6 is 0 Å². The van der Waals surface area contributed by atoms with Crippen LogP contribution in [-0.4, -0.2) is 26.1 Å². The van der Waals surface area contributed by atoms with Crippen LogP contribution in [0.2, 0.25) is 0 Å². The maximum Gasteiger partial charge on any atom is 0.184 e. The van der Waals surface area contributed by atoms with Crippen molar-refractivity contribution in [1.29, 1.82) is 0 Å². The number of hydrogen-bond acceptors (Lipinski definition) is 4.